The highest BCUT2D eigenvalue weighted by Crippen LogP contribution is 2.38. The van der Waals surface area contributed by atoms with Crippen LogP contribution in [0.1, 0.15) is 27.7 Å². The van der Waals surface area contributed by atoms with E-state index < -0.39 is 11.2 Å². The summed E-state index contributed by atoms with van der Waals surface area (Å²) in [6.45, 7) is 7.36. The van der Waals surface area contributed by atoms with Crippen molar-refractivity contribution < 1.29 is 9.76 Å². The van der Waals surface area contributed by atoms with Crippen molar-refractivity contribution in [3.8, 4) is 22.3 Å². The van der Waals surface area contributed by atoms with Gasteiger partial charge >= 0.3 is 7.48 Å². The molecule has 1 radical (unpaired) electrons. The van der Waals surface area contributed by atoms with Crippen LogP contribution in [0.2, 0.25) is 0 Å². The molecule has 1 N–H and O–H groups in total. The van der Waals surface area contributed by atoms with Crippen molar-refractivity contribution in [2.24, 2.45) is 0 Å². The normalized spacial score (nSPS) is 12.4. The van der Waals surface area contributed by atoms with Crippen LogP contribution in [0.3, 0.4) is 0 Å². The summed E-state index contributed by atoms with van der Waals surface area (Å²) in [6.07, 6.45) is 0. The number of fused-ring (bicyclic) bond motifs is 3. The van der Waals surface area contributed by atoms with E-state index in [2.05, 4.69) is 91.0 Å². The predicted molar refractivity (Wildman–Crippen MR) is 147 cm³/mol. The van der Waals surface area contributed by atoms with Gasteiger partial charge in [0.05, 0.1) is 11.2 Å². The van der Waals surface area contributed by atoms with Crippen molar-refractivity contribution in [2.75, 3.05) is 0 Å². The van der Waals surface area contributed by atoms with Crippen LogP contribution in [0.5, 0.6) is 0 Å². The van der Waals surface area contributed by atoms with Crippen LogP contribution in [-0.2, 0) is 4.65 Å². The zero-order valence-electron chi connectivity index (χ0n) is 20.0. The Balaban J connectivity index is 1.57. The largest absolute Gasteiger partial charge is 0.427 e. The second-order valence-electron chi connectivity index (χ2n) is 9.75. The first-order valence-corrected chi connectivity index (χ1v) is 12.4. The number of benzene rings is 4. The molecule has 1 heterocycles. The van der Waals surface area contributed by atoms with E-state index in [9.17, 15) is 5.11 Å². The van der Waals surface area contributed by atoms with E-state index in [4.69, 9.17) is 4.65 Å². The van der Waals surface area contributed by atoms with Gasteiger partial charge in [0.1, 0.15) is 0 Å². The molecule has 0 aliphatic rings. The van der Waals surface area contributed by atoms with Crippen molar-refractivity contribution in [1.82, 2.24) is 0 Å². The van der Waals surface area contributed by atoms with Crippen LogP contribution < -0.4 is 5.46 Å². The molecule has 5 aromatic rings. The third-order valence-corrected chi connectivity index (χ3v) is 8.04. The minimum atomic E-state index is -0.960. The van der Waals surface area contributed by atoms with Gasteiger partial charge in [0.15, 0.2) is 0 Å². The Bertz CT molecular complexity index is 1460. The van der Waals surface area contributed by atoms with Crippen LogP contribution in [0, 0.1) is 0 Å². The summed E-state index contributed by atoms with van der Waals surface area (Å²) >= 11 is 1.78. The van der Waals surface area contributed by atoms with Gasteiger partial charge in [-0.3, -0.25) is 0 Å². The van der Waals surface area contributed by atoms with Gasteiger partial charge in [0, 0.05) is 14.8 Å². The summed E-state index contributed by atoms with van der Waals surface area (Å²) in [5, 5.41) is 12.9. The summed E-state index contributed by atoms with van der Waals surface area (Å²) in [4.78, 5) is 0. The topological polar surface area (TPSA) is 29.5 Å². The molecular weight excluding hydrogens is 435 g/mol. The highest BCUT2D eigenvalue weighted by Gasteiger charge is 2.35. The van der Waals surface area contributed by atoms with Crippen LogP contribution in [0.25, 0.3) is 42.4 Å². The summed E-state index contributed by atoms with van der Waals surface area (Å²) in [7, 11) is 1.79. The lowest BCUT2D eigenvalue weighted by Gasteiger charge is -2.37. The van der Waals surface area contributed by atoms with E-state index in [1.165, 1.54) is 42.4 Å². The summed E-state index contributed by atoms with van der Waals surface area (Å²) < 4.78 is 8.51. The van der Waals surface area contributed by atoms with Crippen molar-refractivity contribution in [3.05, 3.63) is 91.0 Å². The molecule has 0 spiro atoms. The first-order valence-electron chi connectivity index (χ1n) is 11.6. The Hall–Kier alpha value is -2.92. The van der Waals surface area contributed by atoms with Crippen molar-refractivity contribution >= 4 is 44.5 Å². The molecule has 0 bridgehead atoms. The molecule has 0 aliphatic heterocycles. The standard InChI is InChI=1S/C30H28BO2S/c1-29(2,32)30(3,4)33-31-26-16-10-15-24-25-19-21(17-18-27(25)34-28(24)26)23-14-9-8-13-22(23)20-11-6-5-7-12-20/h5-19,32H,1-4H3. The number of hydrogen-bond donors (Lipinski definition) is 1. The highest BCUT2D eigenvalue weighted by molar-refractivity contribution is 7.27. The van der Waals surface area contributed by atoms with Crippen molar-refractivity contribution in [2.45, 2.75) is 38.9 Å². The summed E-state index contributed by atoms with van der Waals surface area (Å²) in [6, 6.07) is 32.2. The molecular formula is C30H28BO2S. The molecule has 1 aromatic heterocycles. The molecule has 4 aromatic carbocycles. The van der Waals surface area contributed by atoms with Crippen LogP contribution >= 0.6 is 11.3 Å². The molecule has 169 valence electrons. The van der Waals surface area contributed by atoms with E-state index >= 15 is 0 Å². The van der Waals surface area contributed by atoms with E-state index in [1.54, 1.807) is 32.7 Å². The molecule has 34 heavy (non-hydrogen) atoms. The van der Waals surface area contributed by atoms with Gasteiger partial charge in [-0.1, -0.05) is 78.9 Å². The third kappa shape index (κ3) is 4.18. The van der Waals surface area contributed by atoms with E-state index in [-0.39, 0.29) is 0 Å². The molecule has 0 atom stereocenters. The summed E-state index contributed by atoms with van der Waals surface area (Å²) in [5.41, 5.74) is 4.25. The number of thiophene rings is 1. The fourth-order valence-electron chi connectivity index (χ4n) is 4.04. The molecule has 0 aliphatic carbocycles. The second-order valence-corrected chi connectivity index (χ2v) is 10.8. The number of rotatable bonds is 6. The second kappa shape index (κ2) is 8.70. The number of aliphatic hydroxyl groups is 1. The third-order valence-electron chi connectivity index (χ3n) is 6.80. The first kappa shape index (κ1) is 22.9. The Morgan fingerprint density at radius 2 is 1.38 bits per heavy atom. The maximum Gasteiger partial charge on any atom is 0.332 e. The Morgan fingerprint density at radius 1 is 0.706 bits per heavy atom. The SMILES string of the molecule is CC(C)(O)C(C)(C)O[B]c1cccc2c1sc1ccc(-c3ccccc3-c3ccccc3)cc12. The van der Waals surface area contributed by atoms with Gasteiger partial charge in [0.25, 0.3) is 0 Å². The lowest BCUT2D eigenvalue weighted by molar-refractivity contribution is -0.0893. The molecule has 0 unspecified atom stereocenters. The molecule has 0 amide bonds. The minimum Gasteiger partial charge on any atom is -0.427 e. The van der Waals surface area contributed by atoms with Gasteiger partial charge in [0.2, 0.25) is 0 Å². The smallest absolute Gasteiger partial charge is 0.332 e. The Labute approximate surface area is 206 Å². The maximum absolute atomic E-state index is 10.5. The Morgan fingerprint density at radius 3 is 2.09 bits per heavy atom. The van der Waals surface area contributed by atoms with Gasteiger partial charge < -0.3 is 9.76 Å². The summed E-state index contributed by atoms with van der Waals surface area (Å²) in [5.74, 6) is 0. The van der Waals surface area contributed by atoms with Crippen LogP contribution in [0.4, 0.5) is 0 Å². The van der Waals surface area contributed by atoms with E-state index in [1.807, 2.05) is 13.8 Å². The van der Waals surface area contributed by atoms with E-state index in [0.29, 0.717) is 0 Å². The minimum absolute atomic E-state index is 0.708. The van der Waals surface area contributed by atoms with Gasteiger partial charge in [-0.05, 0) is 72.9 Å². The maximum atomic E-state index is 10.5. The molecule has 0 saturated carbocycles. The fourth-order valence-corrected chi connectivity index (χ4v) is 5.20. The van der Waals surface area contributed by atoms with Crippen LogP contribution in [-0.4, -0.2) is 23.8 Å². The number of hydrogen-bond acceptors (Lipinski definition) is 3. The monoisotopic (exact) mass is 463 g/mol. The molecule has 4 heteroatoms. The first-order chi connectivity index (χ1) is 16.2. The molecule has 5 rings (SSSR count). The molecule has 0 saturated heterocycles. The van der Waals surface area contributed by atoms with Crippen LogP contribution in [0.15, 0.2) is 91.0 Å². The van der Waals surface area contributed by atoms with Gasteiger partial charge in [-0.15, -0.1) is 11.3 Å². The molecule has 0 fully saturated rings. The van der Waals surface area contributed by atoms with Gasteiger partial charge in [-0.25, -0.2) is 0 Å². The van der Waals surface area contributed by atoms with Crippen molar-refractivity contribution in [1.29, 1.82) is 0 Å². The zero-order valence-corrected chi connectivity index (χ0v) is 20.8. The average molecular weight is 463 g/mol. The van der Waals surface area contributed by atoms with Gasteiger partial charge in [-0.2, -0.15) is 0 Å². The van der Waals surface area contributed by atoms with Crippen molar-refractivity contribution in [3.63, 3.8) is 0 Å². The predicted octanol–water partition coefficient (Wildman–Crippen LogP) is 7.20. The quantitative estimate of drug-likeness (QED) is 0.270. The lowest BCUT2D eigenvalue weighted by atomic mass is 9.82. The Kier molecular flexibility index (Phi) is 5.85. The lowest BCUT2D eigenvalue weighted by Crippen LogP contribution is -2.49. The fraction of sp³-hybridized carbons (Fsp3) is 0.200. The average Bonchev–Trinajstić information content (AvgIpc) is 3.21. The zero-order chi connectivity index (χ0) is 23.9. The highest BCUT2D eigenvalue weighted by atomic mass is 32.1. The molecule has 2 nitrogen and oxygen atoms in total. The van der Waals surface area contributed by atoms with E-state index in [0.717, 1.165) is 5.46 Å².